The smallest absolute Gasteiger partial charge is 0.143 e. The van der Waals surface area contributed by atoms with E-state index in [0.29, 0.717) is 0 Å². The van der Waals surface area contributed by atoms with Crippen LogP contribution in [0.5, 0.6) is 11.5 Å². The van der Waals surface area contributed by atoms with Gasteiger partial charge >= 0.3 is 0 Å². The van der Waals surface area contributed by atoms with Gasteiger partial charge in [-0.15, -0.1) is 0 Å². The standard InChI is InChI=1S/C50H33NO/c1-3-14-34(15-4-1)35-28-31-39(32-29-35)51(45-26-11-19-36-18-7-8-21-40(36)45)46-27-12-20-38-30-33-47-49(48(38)46)43-23-10-9-22-42(43)44-25-13-24-41(50(44)52-47)37-16-5-2-6-17-37/h1-33H. The van der Waals surface area contributed by atoms with Crippen molar-refractivity contribution in [1.82, 2.24) is 0 Å². The van der Waals surface area contributed by atoms with Crippen LogP contribution in [-0.4, -0.2) is 0 Å². The van der Waals surface area contributed by atoms with Crippen LogP contribution in [0.25, 0.3) is 66.1 Å². The lowest BCUT2D eigenvalue weighted by molar-refractivity contribution is 0.490. The van der Waals surface area contributed by atoms with Crippen LogP contribution in [0.2, 0.25) is 0 Å². The Morgan fingerprint density at radius 3 is 1.73 bits per heavy atom. The van der Waals surface area contributed by atoms with Crippen LogP contribution in [0.4, 0.5) is 17.1 Å². The van der Waals surface area contributed by atoms with Crippen LogP contribution < -0.4 is 9.64 Å². The Balaban J connectivity index is 1.26. The molecule has 2 heteroatoms. The molecule has 9 aromatic carbocycles. The largest absolute Gasteiger partial charge is 0.455 e. The second kappa shape index (κ2) is 12.5. The number of hydrogen-bond acceptors (Lipinski definition) is 2. The van der Waals surface area contributed by atoms with Crippen LogP contribution in [-0.2, 0) is 0 Å². The molecule has 2 nitrogen and oxygen atoms in total. The van der Waals surface area contributed by atoms with Gasteiger partial charge in [-0.1, -0.05) is 170 Å². The van der Waals surface area contributed by atoms with Gasteiger partial charge < -0.3 is 9.64 Å². The van der Waals surface area contributed by atoms with Gasteiger partial charge in [-0.25, -0.2) is 0 Å². The van der Waals surface area contributed by atoms with Crippen LogP contribution in [0.3, 0.4) is 0 Å². The molecule has 1 aliphatic rings. The van der Waals surface area contributed by atoms with Gasteiger partial charge in [-0.2, -0.15) is 0 Å². The summed E-state index contributed by atoms with van der Waals surface area (Å²) in [5.74, 6) is 1.71. The molecule has 0 saturated carbocycles. The molecule has 0 atom stereocenters. The lowest BCUT2D eigenvalue weighted by atomic mass is 9.89. The number of anilines is 3. The first kappa shape index (κ1) is 30.0. The molecule has 0 N–H and O–H groups in total. The summed E-state index contributed by atoms with van der Waals surface area (Å²) in [5, 5.41) is 4.67. The summed E-state index contributed by atoms with van der Waals surface area (Å²) in [4.78, 5) is 2.43. The lowest BCUT2D eigenvalue weighted by Crippen LogP contribution is -2.11. The van der Waals surface area contributed by atoms with Gasteiger partial charge in [-0.05, 0) is 68.9 Å². The van der Waals surface area contributed by atoms with E-state index in [1.807, 2.05) is 0 Å². The summed E-state index contributed by atoms with van der Waals surface area (Å²) in [6, 6.07) is 71.5. The first-order valence-electron chi connectivity index (χ1n) is 17.8. The molecule has 244 valence electrons. The Morgan fingerprint density at radius 2 is 0.923 bits per heavy atom. The molecular formula is C50H33NO. The number of ether oxygens (including phenoxy) is 1. The van der Waals surface area contributed by atoms with E-state index in [1.54, 1.807) is 0 Å². The van der Waals surface area contributed by atoms with Gasteiger partial charge in [0.05, 0.1) is 11.4 Å². The zero-order valence-corrected chi connectivity index (χ0v) is 28.4. The van der Waals surface area contributed by atoms with E-state index in [9.17, 15) is 0 Å². The van der Waals surface area contributed by atoms with Crippen molar-refractivity contribution in [1.29, 1.82) is 0 Å². The van der Waals surface area contributed by atoms with E-state index in [4.69, 9.17) is 4.74 Å². The van der Waals surface area contributed by atoms with Crippen molar-refractivity contribution in [2.45, 2.75) is 0 Å². The van der Waals surface area contributed by atoms with Crippen LogP contribution in [0.15, 0.2) is 200 Å². The Morgan fingerprint density at radius 1 is 0.346 bits per heavy atom. The Bertz CT molecular complexity index is 2750. The molecule has 0 unspecified atom stereocenters. The van der Waals surface area contributed by atoms with Gasteiger partial charge in [0.25, 0.3) is 0 Å². The molecule has 0 amide bonds. The summed E-state index contributed by atoms with van der Waals surface area (Å²) in [5.41, 5.74) is 12.3. The molecule has 1 heterocycles. The van der Waals surface area contributed by atoms with Crippen molar-refractivity contribution in [3.8, 4) is 56.0 Å². The van der Waals surface area contributed by atoms with Gasteiger partial charge in [0.1, 0.15) is 11.5 Å². The summed E-state index contributed by atoms with van der Waals surface area (Å²) in [7, 11) is 0. The number of nitrogens with zero attached hydrogens (tertiary/aromatic N) is 1. The average Bonchev–Trinajstić information content (AvgIpc) is 3.37. The van der Waals surface area contributed by atoms with Crippen LogP contribution >= 0.6 is 0 Å². The highest BCUT2D eigenvalue weighted by Crippen LogP contribution is 2.54. The Labute approximate surface area is 303 Å². The predicted octanol–water partition coefficient (Wildman–Crippen LogP) is 14.2. The fourth-order valence-electron chi connectivity index (χ4n) is 7.87. The molecule has 0 radical (unpaired) electrons. The van der Waals surface area contributed by atoms with Gasteiger partial charge in [0.15, 0.2) is 0 Å². The summed E-state index contributed by atoms with van der Waals surface area (Å²) in [6.45, 7) is 0. The number of hydrogen-bond donors (Lipinski definition) is 0. The minimum absolute atomic E-state index is 0.840. The summed E-state index contributed by atoms with van der Waals surface area (Å²) < 4.78 is 7.14. The maximum Gasteiger partial charge on any atom is 0.143 e. The van der Waals surface area contributed by atoms with E-state index in [1.165, 1.54) is 21.9 Å². The second-order valence-electron chi connectivity index (χ2n) is 13.3. The quantitative estimate of drug-likeness (QED) is 0.182. The van der Waals surface area contributed by atoms with Gasteiger partial charge in [0, 0.05) is 33.2 Å². The second-order valence-corrected chi connectivity index (χ2v) is 13.3. The third-order valence-electron chi connectivity index (χ3n) is 10.3. The number of rotatable bonds is 5. The molecule has 52 heavy (non-hydrogen) atoms. The van der Waals surface area contributed by atoms with E-state index >= 15 is 0 Å². The maximum absolute atomic E-state index is 7.14. The molecule has 1 aliphatic heterocycles. The third-order valence-corrected chi connectivity index (χ3v) is 10.3. The number of fused-ring (bicyclic) bond motifs is 8. The predicted molar refractivity (Wildman–Crippen MR) is 218 cm³/mol. The molecule has 0 aromatic heterocycles. The molecular weight excluding hydrogens is 631 g/mol. The Hall–Kier alpha value is -6.90. The highest BCUT2D eigenvalue weighted by atomic mass is 16.5. The molecule has 0 saturated heterocycles. The number of para-hydroxylation sites is 1. The minimum atomic E-state index is 0.840. The molecule has 9 aromatic rings. The molecule has 0 aliphatic carbocycles. The normalized spacial score (nSPS) is 11.6. The lowest BCUT2D eigenvalue weighted by Gasteiger charge is -2.29. The van der Waals surface area contributed by atoms with E-state index in [0.717, 1.165) is 72.7 Å². The molecule has 0 fully saturated rings. The zero-order chi connectivity index (χ0) is 34.4. The van der Waals surface area contributed by atoms with Gasteiger partial charge in [-0.3, -0.25) is 0 Å². The SMILES string of the molecule is c1ccc(-c2ccc(N(c3cccc4ccccc34)c3cccc4ccc5c(c34)-c3ccccc3-c3cccc(-c4ccccc4)c3O5)cc2)cc1. The topological polar surface area (TPSA) is 12.5 Å². The third kappa shape index (κ3) is 4.96. The van der Waals surface area contributed by atoms with Gasteiger partial charge in [0.2, 0.25) is 0 Å². The summed E-state index contributed by atoms with van der Waals surface area (Å²) >= 11 is 0. The van der Waals surface area contributed by atoms with E-state index in [2.05, 4.69) is 205 Å². The average molecular weight is 664 g/mol. The first-order chi connectivity index (χ1) is 25.8. The highest BCUT2D eigenvalue weighted by Gasteiger charge is 2.27. The molecule has 10 rings (SSSR count). The van der Waals surface area contributed by atoms with Crippen LogP contribution in [0, 0.1) is 0 Å². The van der Waals surface area contributed by atoms with Crippen molar-refractivity contribution in [2.75, 3.05) is 4.90 Å². The fourth-order valence-corrected chi connectivity index (χ4v) is 7.87. The van der Waals surface area contributed by atoms with Crippen LogP contribution in [0.1, 0.15) is 0 Å². The van der Waals surface area contributed by atoms with Crippen molar-refractivity contribution in [3.63, 3.8) is 0 Å². The van der Waals surface area contributed by atoms with E-state index in [-0.39, 0.29) is 0 Å². The van der Waals surface area contributed by atoms with Crippen molar-refractivity contribution >= 4 is 38.6 Å². The summed E-state index contributed by atoms with van der Waals surface area (Å²) in [6.07, 6.45) is 0. The highest BCUT2D eigenvalue weighted by molar-refractivity contribution is 6.14. The van der Waals surface area contributed by atoms with Crippen molar-refractivity contribution < 1.29 is 4.74 Å². The minimum Gasteiger partial charge on any atom is -0.455 e. The number of benzene rings is 9. The molecule has 0 spiro atoms. The monoisotopic (exact) mass is 663 g/mol. The first-order valence-corrected chi connectivity index (χ1v) is 17.8. The fraction of sp³-hybridized carbons (Fsp3) is 0. The van der Waals surface area contributed by atoms with Crippen molar-refractivity contribution in [2.24, 2.45) is 0 Å². The molecule has 0 bridgehead atoms. The van der Waals surface area contributed by atoms with E-state index < -0.39 is 0 Å². The maximum atomic E-state index is 7.14. The van der Waals surface area contributed by atoms with Crippen molar-refractivity contribution in [3.05, 3.63) is 200 Å². The zero-order valence-electron chi connectivity index (χ0n) is 28.4. The Kier molecular flexibility index (Phi) is 7.18.